The molecular weight excluding hydrogens is 280 g/mol. The summed E-state index contributed by atoms with van der Waals surface area (Å²) in [5, 5.41) is 6.36. The fourth-order valence-electron chi connectivity index (χ4n) is 1.54. The predicted octanol–water partition coefficient (Wildman–Crippen LogP) is 3.78. The molecule has 2 aromatic rings. The smallest absolute Gasteiger partial charge is 0.267 e. The molecule has 1 aromatic heterocycles. The van der Waals surface area contributed by atoms with E-state index in [9.17, 15) is 4.79 Å². The maximum absolute atomic E-state index is 11.9. The van der Waals surface area contributed by atoms with Gasteiger partial charge in [0.1, 0.15) is 0 Å². The first-order valence-electron chi connectivity index (χ1n) is 5.72. The van der Waals surface area contributed by atoms with Gasteiger partial charge < -0.3 is 0 Å². The van der Waals surface area contributed by atoms with Crippen molar-refractivity contribution in [3.63, 3.8) is 0 Å². The second-order valence-corrected chi connectivity index (χ2v) is 5.54. The van der Waals surface area contributed by atoms with Crippen LogP contribution in [0.4, 0.5) is 0 Å². The lowest BCUT2D eigenvalue weighted by Crippen LogP contribution is -2.17. The van der Waals surface area contributed by atoms with Crippen molar-refractivity contribution in [1.29, 1.82) is 0 Å². The van der Waals surface area contributed by atoms with Gasteiger partial charge in [0, 0.05) is 20.8 Å². The van der Waals surface area contributed by atoms with Crippen LogP contribution in [0.2, 0.25) is 5.02 Å². The second-order valence-electron chi connectivity index (χ2n) is 4.05. The average molecular weight is 293 g/mol. The molecule has 1 N–H and O–H groups in total. The van der Waals surface area contributed by atoms with Crippen LogP contribution in [0.15, 0.2) is 34.7 Å². The minimum Gasteiger partial charge on any atom is -0.267 e. The Balaban J connectivity index is 2.05. The van der Waals surface area contributed by atoms with Crippen LogP contribution in [0, 0.1) is 13.8 Å². The van der Waals surface area contributed by atoms with Crippen LogP contribution in [0.1, 0.15) is 26.4 Å². The first-order valence-corrected chi connectivity index (χ1v) is 6.98. The number of hydrogen-bond acceptors (Lipinski definition) is 3. The maximum atomic E-state index is 11.9. The van der Waals surface area contributed by atoms with Gasteiger partial charge in [-0.3, -0.25) is 4.79 Å². The Kier molecular flexibility index (Phi) is 4.35. The molecule has 98 valence electrons. The summed E-state index contributed by atoms with van der Waals surface area (Å²) >= 11 is 7.54. The van der Waals surface area contributed by atoms with E-state index >= 15 is 0 Å². The first-order chi connectivity index (χ1) is 9.09. The number of hydrogen-bond donors (Lipinski definition) is 1. The Morgan fingerprint density at radius 1 is 1.37 bits per heavy atom. The molecule has 5 heteroatoms. The summed E-state index contributed by atoms with van der Waals surface area (Å²) in [7, 11) is 0. The second kappa shape index (κ2) is 5.99. The highest BCUT2D eigenvalue weighted by Gasteiger charge is 2.11. The molecule has 3 nitrogen and oxygen atoms in total. The van der Waals surface area contributed by atoms with E-state index in [1.54, 1.807) is 17.4 Å². The van der Waals surface area contributed by atoms with Gasteiger partial charge in [-0.2, -0.15) is 5.10 Å². The van der Waals surface area contributed by atoms with Crippen LogP contribution >= 0.6 is 22.9 Å². The highest BCUT2D eigenvalue weighted by Crippen LogP contribution is 2.20. The topological polar surface area (TPSA) is 41.5 Å². The molecule has 1 aromatic carbocycles. The van der Waals surface area contributed by atoms with Crippen LogP contribution in [0.25, 0.3) is 0 Å². The van der Waals surface area contributed by atoms with Crippen LogP contribution < -0.4 is 5.43 Å². The summed E-state index contributed by atoms with van der Waals surface area (Å²) in [5.41, 5.74) is 4.94. The van der Waals surface area contributed by atoms with E-state index in [-0.39, 0.29) is 5.91 Å². The summed E-state index contributed by atoms with van der Waals surface area (Å²) < 4.78 is 0. The van der Waals surface area contributed by atoms with Crippen molar-refractivity contribution >= 4 is 35.1 Å². The number of rotatable bonds is 3. The van der Waals surface area contributed by atoms with Gasteiger partial charge in [0.25, 0.3) is 5.91 Å². The summed E-state index contributed by atoms with van der Waals surface area (Å²) in [4.78, 5) is 13.0. The van der Waals surface area contributed by atoms with Crippen LogP contribution in [-0.4, -0.2) is 12.1 Å². The van der Waals surface area contributed by atoms with Crippen molar-refractivity contribution < 1.29 is 4.79 Å². The lowest BCUT2D eigenvalue weighted by Gasteiger charge is -2.00. The van der Waals surface area contributed by atoms with Gasteiger partial charge in [0.15, 0.2) is 0 Å². The molecule has 0 bridgehead atoms. The number of nitrogens with one attached hydrogen (secondary N) is 1. The molecule has 0 saturated heterocycles. The Morgan fingerprint density at radius 2 is 2.11 bits per heavy atom. The Bertz CT molecular complexity index is 634. The molecule has 0 aliphatic heterocycles. The van der Waals surface area contributed by atoms with E-state index in [1.165, 1.54) is 6.21 Å². The lowest BCUT2D eigenvalue weighted by molar-refractivity contribution is 0.0955. The normalized spacial score (nSPS) is 10.9. The highest BCUT2D eigenvalue weighted by atomic mass is 35.5. The number of aryl methyl sites for hydroxylation is 1. The zero-order valence-corrected chi connectivity index (χ0v) is 12.2. The molecule has 0 radical (unpaired) electrons. The molecule has 0 unspecified atom stereocenters. The number of amides is 1. The number of hydrazone groups is 1. The molecule has 0 atom stereocenters. The number of halogens is 1. The molecule has 0 spiro atoms. The van der Waals surface area contributed by atoms with Gasteiger partial charge in [-0.25, -0.2) is 5.43 Å². The van der Waals surface area contributed by atoms with E-state index in [2.05, 4.69) is 10.5 Å². The summed E-state index contributed by atoms with van der Waals surface area (Å²) in [5.74, 6) is -0.204. The van der Waals surface area contributed by atoms with E-state index in [1.807, 2.05) is 37.4 Å². The molecular formula is C14H13ClN2OS. The molecule has 0 fully saturated rings. The van der Waals surface area contributed by atoms with Crippen molar-refractivity contribution in [3.05, 3.63) is 56.2 Å². The van der Waals surface area contributed by atoms with Crippen molar-refractivity contribution in [1.82, 2.24) is 5.43 Å². The summed E-state index contributed by atoms with van der Waals surface area (Å²) in [6.07, 6.45) is 1.54. The van der Waals surface area contributed by atoms with E-state index in [0.29, 0.717) is 10.6 Å². The van der Waals surface area contributed by atoms with Gasteiger partial charge in [-0.1, -0.05) is 29.8 Å². The third-order valence-electron chi connectivity index (χ3n) is 2.81. The Labute approximate surface area is 120 Å². The Hall–Kier alpha value is -1.65. The van der Waals surface area contributed by atoms with Crippen molar-refractivity contribution in [2.75, 3.05) is 0 Å². The molecule has 0 aliphatic carbocycles. The van der Waals surface area contributed by atoms with Crippen LogP contribution in [0.5, 0.6) is 0 Å². The maximum Gasteiger partial charge on any atom is 0.272 e. The van der Waals surface area contributed by atoms with Gasteiger partial charge in [-0.05, 0) is 25.5 Å². The fourth-order valence-corrected chi connectivity index (χ4v) is 2.59. The number of benzene rings is 1. The van der Waals surface area contributed by atoms with Crippen molar-refractivity contribution in [2.24, 2.45) is 5.10 Å². The summed E-state index contributed by atoms with van der Waals surface area (Å²) in [6, 6.07) is 7.31. The first kappa shape index (κ1) is 13.8. The quantitative estimate of drug-likeness (QED) is 0.679. The SMILES string of the molecule is Cc1scc(C(=O)N/N=C\c2ccccc2Cl)c1C. The van der Waals surface area contributed by atoms with E-state index in [0.717, 1.165) is 16.0 Å². The lowest BCUT2D eigenvalue weighted by atomic mass is 10.2. The standard InChI is InChI=1S/C14H13ClN2OS/c1-9-10(2)19-8-12(9)14(18)17-16-7-11-5-3-4-6-13(11)15/h3-8H,1-2H3,(H,17,18)/b16-7-. The molecule has 2 rings (SSSR count). The third kappa shape index (κ3) is 3.22. The largest absolute Gasteiger partial charge is 0.272 e. The number of carbonyl (C=O) groups is 1. The van der Waals surface area contributed by atoms with E-state index < -0.39 is 0 Å². The average Bonchev–Trinajstić information content (AvgIpc) is 2.72. The zero-order chi connectivity index (χ0) is 13.8. The van der Waals surface area contributed by atoms with Gasteiger partial charge >= 0.3 is 0 Å². The van der Waals surface area contributed by atoms with Crippen LogP contribution in [-0.2, 0) is 0 Å². The van der Waals surface area contributed by atoms with Crippen molar-refractivity contribution in [2.45, 2.75) is 13.8 Å². The summed E-state index contributed by atoms with van der Waals surface area (Å²) in [6.45, 7) is 3.92. The van der Waals surface area contributed by atoms with Gasteiger partial charge in [0.05, 0.1) is 11.8 Å². The molecule has 1 amide bonds. The number of thiophene rings is 1. The van der Waals surface area contributed by atoms with Gasteiger partial charge in [0.2, 0.25) is 0 Å². The third-order valence-corrected chi connectivity index (χ3v) is 4.16. The van der Waals surface area contributed by atoms with Crippen LogP contribution in [0.3, 0.4) is 0 Å². The molecule has 0 saturated carbocycles. The van der Waals surface area contributed by atoms with E-state index in [4.69, 9.17) is 11.6 Å². The molecule has 0 aliphatic rings. The minimum absolute atomic E-state index is 0.204. The zero-order valence-electron chi connectivity index (χ0n) is 10.6. The fraction of sp³-hybridized carbons (Fsp3) is 0.143. The number of nitrogens with zero attached hydrogens (tertiary/aromatic N) is 1. The Morgan fingerprint density at radius 3 is 2.74 bits per heavy atom. The van der Waals surface area contributed by atoms with Crippen molar-refractivity contribution in [3.8, 4) is 0 Å². The number of carbonyl (C=O) groups excluding carboxylic acids is 1. The highest BCUT2D eigenvalue weighted by molar-refractivity contribution is 7.10. The monoisotopic (exact) mass is 292 g/mol. The molecule has 1 heterocycles. The van der Waals surface area contributed by atoms with Gasteiger partial charge in [-0.15, -0.1) is 11.3 Å². The predicted molar refractivity (Wildman–Crippen MR) is 80.3 cm³/mol. The molecule has 19 heavy (non-hydrogen) atoms. The minimum atomic E-state index is -0.204.